The molecule has 2 heterocycles. The third-order valence-electron chi connectivity index (χ3n) is 5.45. The summed E-state index contributed by atoms with van der Waals surface area (Å²) in [7, 11) is 0. The van der Waals surface area contributed by atoms with Crippen LogP contribution < -0.4 is 21.2 Å². The van der Waals surface area contributed by atoms with Crippen molar-refractivity contribution < 1.29 is 4.79 Å². The van der Waals surface area contributed by atoms with E-state index in [1.54, 1.807) is 9.13 Å². The maximum absolute atomic E-state index is 12.7. The van der Waals surface area contributed by atoms with Crippen molar-refractivity contribution in [3.63, 3.8) is 0 Å². The molecule has 1 aliphatic heterocycles. The molecule has 1 saturated heterocycles. The second kappa shape index (κ2) is 8.06. The maximum atomic E-state index is 12.7. The van der Waals surface area contributed by atoms with Gasteiger partial charge in [0.2, 0.25) is 0 Å². The lowest BCUT2D eigenvalue weighted by Gasteiger charge is -2.23. The molecule has 0 bridgehead atoms. The number of fused-ring (bicyclic) bond motifs is 1. The van der Waals surface area contributed by atoms with E-state index in [0.29, 0.717) is 13.1 Å². The molecule has 2 amide bonds. The Labute approximate surface area is 160 Å². The highest BCUT2D eigenvalue weighted by molar-refractivity contribution is 5.98. The van der Waals surface area contributed by atoms with Crippen molar-refractivity contribution in [2.45, 2.75) is 66.1 Å². The molecule has 1 atom stereocenters. The average molecular weight is 374 g/mol. The average Bonchev–Trinajstić information content (AvgIpc) is 3.26. The number of aromatic nitrogens is 2. The highest BCUT2D eigenvalue weighted by Gasteiger charge is 2.21. The number of carbonyl (C=O) groups is 1. The summed E-state index contributed by atoms with van der Waals surface area (Å²) in [4.78, 5) is 27.5. The van der Waals surface area contributed by atoms with Gasteiger partial charge in [0.1, 0.15) is 0 Å². The zero-order valence-electron chi connectivity index (χ0n) is 16.8. The van der Waals surface area contributed by atoms with E-state index < -0.39 is 0 Å². The van der Waals surface area contributed by atoms with Gasteiger partial charge in [-0.2, -0.15) is 0 Å². The minimum Gasteiger partial charge on any atom is -0.370 e. The van der Waals surface area contributed by atoms with Crippen LogP contribution in [0.4, 0.5) is 16.2 Å². The number of nitrogens with zero attached hydrogens (tertiary/aromatic N) is 3. The molecule has 0 saturated carbocycles. The van der Waals surface area contributed by atoms with E-state index in [1.165, 1.54) is 0 Å². The van der Waals surface area contributed by atoms with Crippen molar-refractivity contribution in [3.8, 4) is 0 Å². The van der Waals surface area contributed by atoms with Gasteiger partial charge in [0.15, 0.2) is 0 Å². The Kier molecular flexibility index (Phi) is 5.77. The molecule has 0 spiro atoms. The van der Waals surface area contributed by atoms with E-state index in [0.717, 1.165) is 54.8 Å². The minimum absolute atomic E-state index is 0.00331. The summed E-state index contributed by atoms with van der Waals surface area (Å²) >= 11 is 0. The lowest BCUT2D eigenvalue weighted by atomic mass is 10.2. The smallest absolute Gasteiger partial charge is 0.329 e. The van der Waals surface area contributed by atoms with Gasteiger partial charge in [-0.25, -0.2) is 9.59 Å². The van der Waals surface area contributed by atoms with E-state index in [-0.39, 0.29) is 17.8 Å². The van der Waals surface area contributed by atoms with Crippen LogP contribution in [-0.2, 0) is 13.1 Å². The summed E-state index contributed by atoms with van der Waals surface area (Å²) in [6.45, 7) is 11.2. The number of anilines is 2. The fraction of sp³-hybridized carbons (Fsp3) is 0.600. The van der Waals surface area contributed by atoms with Gasteiger partial charge in [-0.15, -0.1) is 0 Å². The monoisotopic (exact) mass is 373 g/mol. The topological polar surface area (TPSA) is 71.3 Å². The van der Waals surface area contributed by atoms with Crippen molar-refractivity contribution >= 4 is 28.4 Å². The van der Waals surface area contributed by atoms with Crippen molar-refractivity contribution in [1.82, 2.24) is 14.5 Å². The van der Waals surface area contributed by atoms with Crippen LogP contribution >= 0.6 is 0 Å². The van der Waals surface area contributed by atoms with Crippen LogP contribution in [-0.4, -0.2) is 34.3 Å². The number of hydrogen-bond donors (Lipinski definition) is 2. The van der Waals surface area contributed by atoms with Gasteiger partial charge in [0.05, 0.1) is 22.4 Å². The SMILES string of the molecule is CC[C@H](C)NC(=O)Nc1cc2c(cc1N1CCCC1)n(CC)c(=O)n2CC. The number of amides is 2. The summed E-state index contributed by atoms with van der Waals surface area (Å²) in [5.74, 6) is 0. The molecule has 2 N–H and O–H groups in total. The van der Waals surface area contributed by atoms with Crippen molar-refractivity contribution in [3.05, 3.63) is 22.6 Å². The number of carbonyl (C=O) groups excluding carboxylic acids is 1. The molecule has 3 rings (SSSR count). The van der Waals surface area contributed by atoms with Crippen LogP contribution in [0.3, 0.4) is 0 Å². The van der Waals surface area contributed by atoms with Gasteiger partial charge in [-0.1, -0.05) is 6.92 Å². The fourth-order valence-electron chi connectivity index (χ4n) is 3.77. The minimum atomic E-state index is -0.204. The number of aryl methyl sites for hydroxylation is 2. The zero-order valence-corrected chi connectivity index (χ0v) is 16.8. The molecule has 27 heavy (non-hydrogen) atoms. The molecule has 0 aliphatic carbocycles. The largest absolute Gasteiger partial charge is 0.370 e. The lowest BCUT2D eigenvalue weighted by Crippen LogP contribution is -2.36. The predicted molar refractivity (Wildman–Crippen MR) is 111 cm³/mol. The third-order valence-corrected chi connectivity index (χ3v) is 5.45. The number of urea groups is 1. The van der Waals surface area contributed by atoms with Crippen molar-refractivity contribution in [2.24, 2.45) is 0 Å². The summed E-state index contributed by atoms with van der Waals surface area (Å²) in [5, 5.41) is 5.98. The lowest BCUT2D eigenvalue weighted by molar-refractivity contribution is 0.249. The van der Waals surface area contributed by atoms with E-state index >= 15 is 0 Å². The Morgan fingerprint density at radius 1 is 1.07 bits per heavy atom. The van der Waals surface area contributed by atoms with Crippen LogP contribution in [0.1, 0.15) is 47.0 Å². The van der Waals surface area contributed by atoms with Crippen molar-refractivity contribution in [1.29, 1.82) is 0 Å². The molecule has 0 unspecified atom stereocenters. The van der Waals surface area contributed by atoms with Gasteiger partial charge in [-0.3, -0.25) is 9.13 Å². The standard InChI is InChI=1S/C20H31N5O2/c1-5-14(4)21-19(26)22-15-12-17-18(13-16(15)23-10-8-9-11-23)25(7-3)20(27)24(17)6-2/h12-14H,5-11H2,1-4H3,(H2,21,22,26)/t14-/m0/s1. The Bertz CT molecular complexity index is 877. The Morgan fingerprint density at radius 3 is 2.22 bits per heavy atom. The summed E-state index contributed by atoms with van der Waals surface area (Å²) in [6.07, 6.45) is 3.17. The number of rotatable bonds is 6. The van der Waals surface area contributed by atoms with Crippen LogP contribution in [0.25, 0.3) is 11.0 Å². The predicted octanol–water partition coefficient (Wildman–Crippen LogP) is 3.36. The van der Waals surface area contributed by atoms with Gasteiger partial charge in [0.25, 0.3) is 0 Å². The fourth-order valence-corrected chi connectivity index (χ4v) is 3.77. The quantitative estimate of drug-likeness (QED) is 0.816. The molecule has 148 valence electrons. The highest BCUT2D eigenvalue weighted by atomic mass is 16.2. The molecule has 1 aromatic carbocycles. The van der Waals surface area contributed by atoms with Gasteiger partial charge in [-0.05, 0) is 52.2 Å². The van der Waals surface area contributed by atoms with E-state index in [2.05, 4.69) is 21.6 Å². The van der Waals surface area contributed by atoms with E-state index in [4.69, 9.17) is 0 Å². The molecular formula is C20H31N5O2. The van der Waals surface area contributed by atoms with E-state index in [1.807, 2.05) is 33.8 Å². The first-order valence-corrected chi connectivity index (χ1v) is 10.1. The first kappa shape index (κ1) is 19.3. The Hall–Kier alpha value is -2.44. The number of nitrogens with one attached hydrogen (secondary N) is 2. The summed E-state index contributed by atoms with van der Waals surface area (Å²) in [5.41, 5.74) is 3.56. The second-order valence-corrected chi connectivity index (χ2v) is 7.23. The van der Waals surface area contributed by atoms with Gasteiger partial charge in [0, 0.05) is 32.2 Å². The van der Waals surface area contributed by atoms with Gasteiger partial charge >= 0.3 is 11.7 Å². The van der Waals surface area contributed by atoms with Crippen LogP contribution in [0.2, 0.25) is 0 Å². The molecular weight excluding hydrogens is 342 g/mol. The molecule has 7 heteroatoms. The maximum Gasteiger partial charge on any atom is 0.329 e. The van der Waals surface area contributed by atoms with Crippen LogP contribution in [0, 0.1) is 0 Å². The summed E-state index contributed by atoms with van der Waals surface area (Å²) in [6, 6.07) is 3.93. The molecule has 0 radical (unpaired) electrons. The van der Waals surface area contributed by atoms with Crippen LogP contribution in [0.5, 0.6) is 0 Å². The first-order chi connectivity index (χ1) is 13.0. The number of hydrogen-bond acceptors (Lipinski definition) is 3. The Balaban J connectivity index is 2.10. The molecule has 7 nitrogen and oxygen atoms in total. The second-order valence-electron chi connectivity index (χ2n) is 7.23. The molecule has 2 aromatic rings. The molecule has 1 aliphatic rings. The molecule has 1 fully saturated rings. The first-order valence-electron chi connectivity index (χ1n) is 10.1. The normalized spacial score (nSPS) is 15.3. The van der Waals surface area contributed by atoms with Crippen molar-refractivity contribution in [2.75, 3.05) is 23.3 Å². The zero-order chi connectivity index (χ0) is 19.6. The highest BCUT2D eigenvalue weighted by Crippen LogP contribution is 2.33. The number of imidazole rings is 1. The molecule has 1 aromatic heterocycles. The van der Waals surface area contributed by atoms with E-state index in [9.17, 15) is 9.59 Å². The van der Waals surface area contributed by atoms with Gasteiger partial charge < -0.3 is 15.5 Å². The van der Waals surface area contributed by atoms with Crippen LogP contribution in [0.15, 0.2) is 16.9 Å². The number of benzene rings is 1. The summed E-state index contributed by atoms with van der Waals surface area (Å²) < 4.78 is 3.58. The Morgan fingerprint density at radius 2 is 1.67 bits per heavy atom. The third kappa shape index (κ3) is 3.68.